The molecule has 4 rings (SSSR count). The van der Waals surface area contributed by atoms with Crippen LogP contribution in [0.15, 0.2) is 77.8 Å². The molecule has 0 saturated heterocycles. The summed E-state index contributed by atoms with van der Waals surface area (Å²) >= 11 is 6.42. The van der Waals surface area contributed by atoms with Gasteiger partial charge in [0.05, 0.1) is 17.9 Å². The minimum absolute atomic E-state index is 0.0327. The summed E-state index contributed by atoms with van der Waals surface area (Å²) in [5.41, 5.74) is 5.83. The molecule has 158 valence electrons. The first-order chi connectivity index (χ1) is 15.0. The molecule has 0 bridgehead atoms. The highest BCUT2D eigenvalue weighted by molar-refractivity contribution is 6.32. The molecule has 4 heteroatoms. The molecular formula is C27H27ClN2O. The van der Waals surface area contributed by atoms with Crippen molar-refractivity contribution in [1.82, 2.24) is 0 Å². The fourth-order valence-corrected chi connectivity index (χ4v) is 4.22. The molecule has 0 radical (unpaired) electrons. The van der Waals surface area contributed by atoms with Gasteiger partial charge in [-0.15, -0.1) is 0 Å². The number of hydrogen-bond acceptors (Lipinski definition) is 2. The molecule has 1 heterocycles. The van der Waals surface area contributed by atoms with Gasteiger partial charge in [0.1, 0.15) is 6.04 Å². The first-order valence-corrected chi connectivity index (χ1v) is 11.2. The van der Waals surface area contributed by atoms with Crippen LogP contribution in [0.3, 0.4) is 0 Å². The van der Waals surface area contributed by atoms with Crippen molar-refractivity contribution in [2.75, 3.05) is 4.90 Å². The van der Waals surface area contributed by atoms with E-state index in [9.17, 15) is 4.79 Å². The summed E-state index contributed by atoms with van der Waals surface area (Å²) in [5, 5.41) is 0.632. The summed E-state index contributed by atoms with van der Waals surface area (Å²) in [5.74, 6) is 0.154. The molecule has 0 aliphatic carbocycles. The third-order valence-electron chi connectivity index (χ3n) is 5.95. The number of benzene rings is 3. The largest absolute Gasteiger partial charge is 0.305 e. The van der Waals surface area contributed by atoms with E-state index in [1.54, 1.807) is 0 Å². The van der Waals surface area contributed by atoms with Crippen molar-refractivity contribution in [1.29, 1.82) is 0 Å². The summed E-state index contributed by atoms with van der Waals surface area (Å²) < 4.78 is 0. The van der Waals surface area contributed by atoms with Crippen LogP contribution in [0.5, 0.6) is 0 Å². The van der Waals surface area contributed by atoms with Crippen LogP contribution in [0.25, 0.3) is 0 Å². The normalized spacial score (nSPS) is 17.0. The number of halogens is 1. The van der Waals surface area contributed by atoms with Gasteiger partial charge in [0.15, 0.2) is 0 Å². The Labute approximate surface area is 189 Å². The molecule has 2 atom stereocenters. The predicted octanol–water partition coefficient (Wildman–Crippen LogP) is 6.45. The van der Waals surface area contributed by atoms with Gasteiger partial charge in [0.25, 0.3) is 5.91 Å². The number of hydrogen-bond donors (Lipinski definition) is 0. The van der Waals surface area contributed by atoms with Gasteiger partial charge < -0.3 is 4.90 Å². The van der Waals surface area contributed by atoms with Gasteiger partial charge in [0.2, 0.25) is 0 Å². The zero-order valence-corrected chi connectivity index (χ0v) is 18.9. The second kappa shape index (κ2) is 9.07. The molecule has 3 aromatic carbocycles. The fourth-order valence-electron chi connectivity index (χ4n) is 4.05. The van der Waals surface area contributed by atoms with Gasteiger partial charge >= 0.3 is 0 Å². The lowest BCUT2D eigenvalue weighted by atomic mass is 9.97. The van der Waals surface area contributed by atoms with Crippen LogP contribution in [-0.2, 0) is 11.3 Å². The van der Waals surface area contributed by atoms with Crippen molar-refractivity contribution in [3.63, 3.8) is 0 Å². The number of fused-ring (bicyclic) bond motifs is 1. The number of aliphatic imine (C=N–C) groups is 1. The molecule has 0 spiro atoms. The maximum atomic E-state index is 13.8. The Kier molecular flexibility index (Phi) is 6.24. The number of aryl methyl sites for hydroxylation is 1. The molecule has 3 aromatic rings. The summed E-state index contributed by atoms with van der Waals surface area (Å²) in [6.07, 6.45) is 0.872. The van der Waals surface area contributed by atoms with Gasteiger partial charge in [-0.2, -0.15) is 0 Å². The molecule has 1 aliphatic heterocycles. The van der Waals surface area contributed by atoms with Crippen LogP contribution >= 0.6 is 11.6 Å². The third-order valence-corrected chi connectivity index (χ3v) is 6.18. The smallest absolute Gasteiger partial charge is 0.252 e. The number of carbonyl (C=O) groups excluding carboxylic acids is 1. The molecule has 0 aromatic heterocycles. The Bertz CT molecular complexity index is 1120. The molecule has 0 N–H and O–H groups in total. The second-order valence-corrected chi connectivity index (χ2v) is 8.69. The van der Waals surface area contributed by atoms with Crippen molar-refractivity contribution in [2.24, 2.45) is 10.9 Å². The molecule has 31 heavy (non-hydrogen) atoms. The lowest BCUT2D eigenvalue weighted by Crippen LogP contribution is -2.40. The van der Waals surface area contributed by atoms with Crippen LogP contribution < -0.4 is 4.90 Å². The Morgan fingerprint density at radius 1 is 1.03 bits per heavy atom. The van der Waals surface area contributed by atoms with E-state index in [0.29, 0.717) is 11.6 Å². The summed E-state index contributed by atoms with van der Waals surface area (Å²) in [4.78, 5) is 20.8. The standard InChI is InChI=1S/C27H27ClN2O/c1-4-19(3)25-27(31)30(17-20-10-8-9-18(2)15-20)24-14-13-22(28)16-23(24)26(29-25)21-11-6-5-7-12-21/h5-16,19,25H,4,17H2,1-3H3/t19-,25-/m1/s1. The number of amides is 1. The first-order valence-electron chi connectivity index (χ1n) is 10.8. The highest BCUT2D eigenvalue weighted by Gasteiger charge is 2.34. The maximum absolute atomic E-state index is 13.8. The Hall–Kier alpha value is -2.91. The van der Waals surface area contributed by atoms with Crippen LogP contribution in [0.4, 0.5) is 5.69 Å². The van der Waals surface area contributed by atoms with Crippen molar-refractivity contribution >= 4 is 28.9 Å². The Morgan fingerprint density at radius 3 is 2.52 bits per heavy atom. The lowest BCUT2D eigenvalue weighted by Gasteiger charge is -2.27. The Balaban J connectivity index is 1.91. The third kappa shape index (κ3) is 4.42. The molecule has 0 fully saturated rings. The maximum Gasteiger partial charge on any atom is 0.252 e. The van der Waals surface area contributed by atoms with Gasteiger partial charge in [-0.05, 0) is 36.6 Å². The molecule has 1 aliphatic rings. The monoisotopic (exact) mass is 430 g/mol. The van der Waals surface area contributed by atoms with Crippen LogP contribution in [-0.4, -0.2) is 17.7 Å². The average Bonchev–Trinajstić information content (AvgIpc) is 2.89. The number of anilines is 1. The Morgan fingerprint density at radius 2 is 1.81 bits per heavy atom. The summed E-state index contributed by atoms with van der Waals surface area (Å²) in [6, 6.07) is 23.6. The predicted molar refractivity (Wildman–Crippen MR) is 129 cm³/mol. The van der Waals surface area contributed by atoms with Gasteiger partial charge in [-0.3, -0.25) is 9.79 Å². The highest BCUT2D eigenvalue weighted by Crippen LogP contribution is 2.34. The fraction of sp³-hybridized carbons (Fsp3) is 0.259. The molecule has 3 nitrogen and oxygen atoms in total. The van der Waals surface area contributed by atoms with Crippen molar-refractivity contribution in [3.05, 3.63) is 100 Å². The number of rotatable bonds is 5. The van der Waals surface area contributed by atoms with E-state index in [2.05, 4.69) is 39.0 Å². The van der Waals surface area contributed by atoms with Crippen molar-refractivity contribution < 1.29 is 4.79 Å². The van der Waals surface area contributed by atoms with Gasteiger partial charge in [0, 0.05) is 16.1 Å². The molecule has 0 saturated carbocycles. The minimum Gasteiger partial charge on any atom is -0.305 e. The van der Waals surface area contributed by atoms with Crippen LogP contribution in [0, 0.1) is 12.8 Å². The van der Waals surface area contributed by atoms with E-state index < -0.39 is 6.04 Å². The average molecular weight is 431 g/mol. The summed E-state index contributed by atoms with van der Waals surface area (Å²) in [7, 11) is 0. The van der Waals surface area contributed by atoms with E-state index in [1.165, 1.54) is 5.56 Å². The number of benzodiazepines with no additional fused rings is 1. The number of carbonyl (C=O) groups is 1. The highest BCUT2D eigenvalue weighted by atomic mass is 35.5. The lowest BCUT2D eigenvalue weighted by molar-refractivity contribution is -0.120. The SMILES string of the molecule is CC[C@@H](C)[C@H]1N=C(c2ccccc2)c2cc(Cl)ccc2N(Cc2cccc(C)c2)C1=O. The second-order valence-electron chi connectivity index (χ2n) is 8.25. The topological polar surface area (TPSA) is 32.7 Å². The van der Waals surface area contributed by atoms with E-state index >= 15 is 0 Å². The van der Waals surface area contributed by atoms with Crippen LogP contribution in [0.2, 0.25) is 5.02 Å². The van der Waals surface area contributed by atoms with E-state index in [0.717, 1.165) is 34.5 Å². The first kappa shape index (κ1) is 21.3. The summed E-state index contributed by atoms with van der Waals surface area (Å²) in [6.45, 7) is 6.78. The van der Waals surface area contributed by atoms with E-state index in [1.807, 2.05) is 59.5 Å². The molecule has 1 amide bonds. The number of nitrogens with zero attached hydrogens (tertiary/aromatic N) is 2. The van der Waals surface area contributed by atoms with Crippen molar-refractivity contribution in [2.45, 2.75) is 39.8 Å². The zero-order valence-electron chi connectivity index (χ0n) is 18.2. The molecular weight excluding hydrogens is 404 g/mol. The zero-order chi connectivity index (χ0) is 22.0. The van der Waals surface area contributed by atoms with E-state index in [4.69, 9.17) is 16.6 Å². The van der Waals surface area contributed by atoms with Gasteiger partial charge in [-0.1, -0.05) is 92.0 Å². The quantitative estimate of drug-likeness (QED) is 0.458. The van der Waals surface area contributed by atoms with Crippen LogP contribution in [0.1, 0.15) is 42.5 Å². The molecule has 0 unspecified atom stereocenters. The minimum atomic E-state index is -0.448. The van der Waals surface area contributed by atoms with Gasteiger partial charge in [-0.25, -0.2) is 0 Å². The van der Waals surface area contributed by atoms with Crippen molar-refractivity contribution in [3.8, 4) is 0 Å². The van der Waals surface area contributed by atoms with E-state index in [-0.39, 0.29) is 11.8 Å².